The molecule has 13 heteroatoms. The second-order valence-electron chi connectivity index (χ2n) is 10.9. The fourth-order valence-corrected chi connectivity index (χ4v) is 6.83. The van der Waals surface area contributed by atoms with Crippen LogP contribution >= 0.6 is 11.3 Å². The van der Waals surface area contributed by atoms with Crippen molar-refractivity contribution in [2.24, 2.45) is 0 Å². The third-order valence-corrected chi connectivity index (χ3v) is 9.24. The number of amides is 1. The maximum atomic E-state index is 14.0. The van der Waals surface area contributed by atoms with Crippen LogP contribution in [0.4, 0.5) is 29.9 Å². The smallest absolute Gasteiger partial charge is 0.400 e. The number of nitrogens with zero attached hydrogens (tertiary/aromatic N) is 4. The maximum absolute atomic E-state index is 14.0. The predicted molar refractivity (Wildman–Crippen MR) is 156 cm³/mol. The highest BCUT2D eigenvalue weighted by molar-refractivity contribution is 7.16. The van der Waals surface area contributed by atoms with E-state index in [2.05, 4.69) is 25.8 Å². The zero-order valence-corrected chi connectivity index (χ0v) is 23.8. The number of anilines is 3. The molecule has 4 aromatic rings. The van der Waals surface area contributed by atoms with Crippen LogP contribution in [0.5, 0.6) is 0 Å². The van der Waals surface area contributed by atoms with E-state index in [1.165, 1.54) is 0 Å². The molecule has 2 fully saturated rings. The molecule has 1 saturated heterocycles. The van der Waals surface area contributed by atoms with Crippen molar-refractivity contribution >= 4 is 39.5 Å². The average molecular weight is 609 g/mol. The number of carbonyl (C=O) groups excluding carboxylic acids is 1. The summed E-state index contributed by atoms with van der Waals surface area (Å²) in [7, 11) is 0. The molecular weight excluding hydrogens is 581 g/mol. The molecule has 2 N–H and O–H groups in total. The lowest BCUT2D eigenvalue weighted by molar-refractivity contribution is -0.160. The number of rotatable bonds is 6. The lowest BCUT2D eigenvalue weighted by Gasteiger charge is -2.31. The van der Waals surface area contributed by atoms with Crippen LogP contribution in [0.1, 0.15) is 35.9 Å². The maximum Gasteiger partial charge on any atom is 0.400 e. The summed E-state index contributed by atoms with van der Waals surface area (Å²) in [6, 6.07) is 16.3. The van der Waals surface area contributed by atoms with Crippen LogP contribution in [0.25, 0.3) is 17.2 Å². The van der Waals surface area contributed by atoms with E-state index in [1.54, 1.807) is 6.08 Å². The van der Waals surface area contributed by atoms with E-state index in [-0.39, 0.29) is 47.5 Å². The third-order valence-electron chi connectivity index (χ3n) is 7.92. The monoisotopic (exact) mass is 608 g/mol. The Morgan fingerprint density at radius 3 is 2.60 bits per heavy atom. The second-order valence-corrected chi connectivity index (χ2v) is 11.9. The highest BCUT2D eigenvalue weighted by Crippen LogP contribution is 2.61. The Morgan fingerprint density at radius 1 is 1.09 bits per heavy atom. The van der Waals surface area contributed by atoms with Crippen molar-refractivity contribution in [2.45, 2.75) is 43.5 Å². The largest absolute Gasteiger partial charge is 0.402 e. The van der Waals surface area contributed by atoms with Gasteiger partial charge in [-0.2, -0.15) is 13.2 Å². The van der Waals surface area contributed by atoms with Gasteiger partial charge in [-0.05, 0) is 43.0 Å². The zero-order valence-electron chi connectivity index (χ0n) is 23.0. The summed E-state index contributed by atoms with van der Waals surface area (Å²) in [4.78, 5) is 19.7. The molecule has 7 rings (SSSR count). The van der Waals surface area contributed by atoms with E-state index in [4.69, 9.17) is 9.15 Å². The number of morpholine rings is 1. The quantitative estimate of drug-likeness (QED) is 0.280. The summed E-state index contributed by atoms with van der Waals surface area (Å²) in [5.41, 5.74) is 1.52. The van der Waals surface area contributed by atoms with Crippen molar-refractivity contribution in [2.75, 3.05) is 35.2 Å². The van der Waals surface area contributed by atoms with Gasteiger partial charge in [0.1, 0.15) is 21.5 Å². The molecule has 4 heterocycles. The summed E-state index contributed by atoms with van der Waals surface area (Å²) in [5, 5.41) is 14.7. The molecule has 2 aromatic heterocycles. The van der Waals surface area contributed by atoms with Crippen molar-refractivity contribution in [3.8, 4) is 11.6 Å². The lowest BCUT2D eigenvalue weighted by atomic mass is 9.96. The van der Waals surface area contributed by atoms with Crippen LogP contribution in [0.15, 0.2) is 65.1 Å². The van der Waals surface area contributed by atoms with Gasteiger partial charge in [0, 0.05) is 24.3 Å². The first kappa shape index (κ1) is 27.6. The Bertz CT molecular complexity index is 1700. The molecule has 2 atom stereocenters. The minimum absolute atomic E-state index is 0.00565. The van der Waals surface area contributed by atoms with Gasteiger partial charge in [-0.25, -0.2) is 4.98 Å². The van der Waals surface area contributed by atoms with Gasteiger partial charge in [-0.3, -0.25) is 4.79 Å². The first-order valence-electron chi connectivity index (χ1n) is 13.9. The first-order chi connectivity index (χ1) is 20.7. The van der Waals surface area contributed by atoms with Crippen LogP contribution in [0.2, 0.25) is 0 Å². The van der Waals surface area contributed by atoms with Gasteiger partial charge < -0.3 is 24.7 Å². The van der Waals surface area contributed by atoms with Gasteiger partial charge >= 0.3 is 12.2 Å². The van der Waals surface area contributed by atoms with Crippen molar-refractivity contribution in [1.29, 1.82) is 0 Å². The second kappa shape index (κ2) is 10.5. The van der Waals surface area contributed by atoms with Gasteiger partial charge in [0.15, 0.2) is 5.69 Å². The van der Waals surface area contributed by atoms with E-state index in [1.807, 2.05) is 66.4 Å². The summed E-state index contributed by atoms with van der Waals surface area (Å²) >= 11 is 1.02. The number of benzene rings is 2. The minimum Gasteiger partial charge on any atom is -0.402 e. The van der Waals surface area contributed by atoms with Crippen molar-refractivity contribution in [3.05, 3.63) is 76.8 Å². The number of para-hydroxylation sites is 1. The SMILES string of the molecule is C[C@H]1CN(c2sc(C3(C(F)(F)F)CC3)nc2-c2nnc(N[C@H]3C=C(c4ccccc4)c4ccccc4NC3=O)o2)CCO1. The standard InChI is InChI=1S/C30H27F3N6O3S/c1-17-16-39(13-14-41-17)26-23(36-27(43-26)29(11-12-29)30(31,32)33)25-37-38-28(42-25)35-22-15-20(18-7-3-2-4-8-18)19-9-5-6-10-21(19)34-24(22)40/h2-10,15,17,22H,11-14,16H2,1H3,(H,34,40)(H,35,38)/t17-,22-/m0/s1. The number of ether oxygens (including phenoxy) is 1. The molecule has 0 unspecified atom stereocenters. The molecule has 9 nitrogen and oxygen atoms in total. The molecule has 0 spiro atoms. The molecule has 222 valence electrons. The Hall–Kier alpha value is -4.23. The Balaban J connectivity index is 1.23. The average Bonchev–Trinajstić information content (AvgIpc) is 3.54. The topological polar surface area (TPSA) is 105 Å². The zero-order chi connectivity index (χ0) is 29.8. The van der Waals surface area contributed by atoms with Crippen LogP contribution in [0, 0.1) is 0 Å². The Kier molecular flexibility index (Phi) is 6.73. The molecule has 2 aromatic carbocycles. The fourth-order valence-electron chi connectivity index (χ4n) is 5.47. The highest BCUT2D eigenvalue weighted by Gasteiger charge is 2.66. The number of hydrogen-bond donors (Lipinski definition) is 2. The first-order valence-corrected chi connectivity index (χ1v) is 14.8. The molecule has 1 amide bonds. The van der Waals surface area contributed by atoms with Gasteiger partial charge in [0.25, 0.3) is 11.8 Å². The van der Waals surface area contributed by atoms with Crippen molar-refractivity contribution in [1.82, 2.24) is 15.2 Å². The Morgan fingerprint density at radius 2 is 1.86 bits per heavy atom. The molecule has 2 aliphatic heterocycles. The fraction of sp³-hybridized carbons (Fsp3) is 0.333. The minimum atomic E-state index is -4.41. The molecule has 0 radical (unpaired) electrons. The summed E-state index contributed by atoms with van der Waals surface area (Å²) in [6.45, 7) is 3.33. The van der Waals surface area contributed by atoms with Crippen molar-refractivity contribution in [3.63, 3.8) is 0 Å². The number of halogens is 3. The van der Waals surface area contributed by atoms with Gasteiger partial charge in [0.05, 0.1) is 12.7 Å². The van der Waals surface area contributed by atoms with Crippen LogP contribution in [-0.2, 0) is 14.9 Å². The normalized spacial score (nSPS) is 21.4. The number of carbonyl (C=O) groups is 1. The van der Waals surface area contributed by atoms with Gasteiger partial charge in [-0.15, -0.1) is 5.10 Å². The number of alkyl halides is 3. The van der Waals surface area contributed by atoms with E-state index < -0.39 is 17.6 Å². The summed E-state index contributed by atoms with van der Waals surface area (Å²) < 4.78 is 53.7. The number of fused-ring (bicyclic) bond motifs is 1. The molecule has 43 heavy (non-hydrogen) atoms. The molecule has 1 saturated carbocycles. The number of nitrogens with one attached hydrogen (secondary N) is 2. The van der Waals surface area contributed by atoms with E-state index in [0.29, 0.717) is 30.4 Å². The number of hydrogen-bond acceptors (Lipinski definition) is 9. The van der Waals surface area contributed by atoms with Crippen LogP contribution in [0.3, 0.4) is 0 Å². The third kappa shape index (κ3) is 5.06. The van der Waals surface area contributed by atoms with Crippen LogP contribution < -0.4 is 15.5 Å². The van der Waals surface area contributed by atoms with E-state index in [0.717, 1.165) is 28.0 Å². The summed E-state index contributed by atoms with van der Waals surface area (Å²) in [5.74, 6) is -0.361. The van der Waals surface area contributed by atoms with E-state index in [9.17, 15) is 18.0 Å². The molecule has 1 aliphatic carbocycles. The predicted octanol–water partition coefficient (Wildman–Crippen LogP) is 5.88. The molecular formula is C30H27F3N6O3S. The summed E-state index contributed by atoms with van der Waals surface area (Å²) in [6.07, 6.45) is -2.73. The van der Waals surface area contributed by atoms with Crippen LogP contribution in [-0.4, -0.2) is 59.1 Å². The number of thiazole rings is 1. The Labute approximate surface area is 248 Å². The molecule has 0 bridgehead atoms. The van der Waals surface area contributed by atoms with E-state index >= 15 is 0 Å². The molecule has 3 aliphatic rings. The highest BCUT2D eigenvalue weighted by atomic mass is 32.1. The number of aromatic nitrogens is 3. The van der Waals surface area contributed by atoms with Gasteiger partial charge in [0.2, 0.25) is 0 Å². The lowest BCUT2D eigenvalue weighted by Crippen LogP contribution is -2.40. The van der Waals surface area contributed by atoms with Gasteiger partial charge in [-0.1, -0.05) is 65.0 Å². The van der Waals surface area contributed by atoms with Crippen molar-refractivity contribution < 1.29 is 27.1 Å².